The van der Waals surface area contributed by atoms with Crippen molar-refractivity contribution in [2.45, 2.75) is 33.1 Å². The summed E-state index contributed by atoms with van der Waals surface area (Å²) in [4.78, 5) is 36.5. The van der Waals surface area contributed by atoms with Gasteiger partial charge < -0.3 is 10.6 Å². The molecule has 2 aromatic rings. The van der Waals surface area contributed by atoms with E-state index in [1.165, 1.54) is 5.01 Å². The fourth-order valence-corrected chi connectivity index (χ4v) is 3.28. The first-order valence-electron chi connectivity index (χ1n) is 10.00. The minimum absolute atomic E-state index is 0.0161. The van der Waals surface area contributed by atoms with Crippen LogP contribution in [0.1, 0.15) is 36.0 Å². The minimum atomic E-state index is -0.341. The lowest BCUT2D eigenvalue weighted by Crippen LogP contribution is -2.34. The molecule has 7 nitrogen and oxygen atoms in total. The molecule has 30 heavy (non-hydrogen) atoms. The van der Waals surface area contributed by atoms with Gasteiger partial charge in [0.2, 0.25) is 17.7 Å². The lowest BCUT2D eigenvalue weighted by molar-refractivity contribution is -0.133. The number of hydrogen-bond acceptors (Lipinski definition) is 4. The number of anilines is 1. The summed E-state index contributed by atoms with van der Waals surface area (Å²) < 4.78 is 0. The first-order valence-corrected chi connectivity index (χ1v) is 10.00. The smallest absolute Gasteiger partial charge is 0.243 e. The van der Waals surface area contributed by atoms with Gasteiger partial charge in [-0.2, -0.15) is 5.10 Å². The van der Waals surface area contributed by atoms with Crippen molar-refractivity contribution < 1.29 is 14.4 Å². The second kappa shape index (κ2) is 9.82. The quantitative estimate of drug-likeness (QED) is 0.741. The molecule has 156 valence electrons. The molecule has 0 saturated carbocycles. The molecule has 0 aromatic heterocycles. The van der Waals surface area contributed by atoms with Gasteiger partial charge in [0.15, 0.2) is 0 Å². The van der Waals surface area contributed by atoms with Crippen LogP contribution in [0.2, 0.25) is 0 Å². The fraction of sp³-hybridized carbons (Fsp3) is 0.304. The number of hydrazone groups is 1. The van der Waals surface area contributed by atoms with Gasteiger partial charge in [-0.05, 0) is 30.5 Å². The summed E-state index contributed by atoms with van der Waals surface area (Å²) in [7, 11) is 0. The number of amides is 3. The summed E-state index contributed by atoms with van der Waals surface area (Å²) >= 11 is 0. The Labute approximate surface area is 176 Å². The third kappa shape index (κ3) is 5.53. The number of rotatable bonds is 7. The maximum Gasteiger partial charge on any atom is 0.243 e. The number of nitrogens with zero attached hydrogens (tertiary/aromatic N) is 2. The average Bonchev–Trinajstić information content (AvgIpc) is 3.24. The van der Waals surface area contributed by atoms with E-state index in [1.807, 2.05) is 62.4 Å². The van der Waals surface area contributed by atoms with E-state index in [0.717, 1.165) is 28.1 Å². The summed E-state index contributed by atoms with van der Waals surface area (Å²) in [6, 6.07) is 15.5. The van der Waals surface area contributed by atoms with Crippen molar-refractivity contribution in [3.05, 3.63) is 65.2 Å². The number of carbonyl (C=O) groups is 3. The van der Waals surface area contributed by atoms with E-state index in [0.29, 0.717) is 13.0 Å². The van der Waals surface area contributed by atoms with Gasteiger partial charge >= 0.3 is 0 Å². The van der Waals surface area contributed by atoms with E-state index in [9.17, 15) is 14.4 Å². The average molecular weight is 406 g/mol. The Hall–Kier alpha value is -3.48. The van der Waals surface area contributed by atoms with Crippen molar-refractivity contribution in [1.82, 2.24) is 10.3 Å². The highest BCUT2D eigenvalue weighted by atomic mass is 16.2. The van der Waals surface area contributed by atoms with Crippen LogP contribution in [0.4, 0.5) is 5.69 Å². The Balaban J connectivity index is 1.42. The molecule has 0 saturated heterocycles. The molecule has 0 bridgehead atoms. The number of aryl methyl sites for hydroxylation is 2. The topological polar surface area (TPSA) is 90.9 Å². The Morgan fingerprint density at radius 2 is 1.63 bits per heavy atom. The summed E-state index contributed by atoms with van der Waals surface area (Å²) in [5, 5.41) is 11.2. The molecule has 0 aliphatic carbocycles. The van der Waals surface area contributed by atoms with E-state index < -0.39 is 0 Å². The highest BCUT2D eigenvalue weighted by molar-refractivity contribution is 6.02. The number of hydrogen-bond donors (Lipinski definition) is 2. The van der Waals surface area contributed by atoms with Gasteiger partial charge in [-0.25, -0.2) is 5.01 Å². The predicted molar refractivity (Wildman–Crippen MR) is 116 cm³/mol. The van der Waals surface area contributed by atoms with E-state index in [1.54, 1.807) is 0 Å². The second-order valence-electron chi connectivity index (χ2n) is 7.27. The molecule has 0 unspecified atom stereocenters. The zero-order valence-electron chi connectivity index (χ0n) is 17.3. The van der Waals surface area contributed by atoms with Crippen LogP contribution in [0, 0.1) is 13.8 Å². The summed E-state index contributed by atoms with van der Waals surface area (Å²) in [5.74, 6) is -0.841. The normalized spacial score (nSPS) is 13.0. The van der Waals surface area contributed by atoms with Crippen molar-refractivity contribution in [2.75, 3.05) is 18.4 Å². The largest absolute Gasteiger partial charge is 0.347 e. The van der Waals surface area contributed by atoms with Crippen LogP contribution in [0.5, 0.6) is 0 Å². The summed E-state index contributed by atoms with van der Waals surface area (Å²) in [6.07, 6.45) is 0.762. The van der Waals surface area contributed by atoms with Gasteiger partial charge in [0.05, 0.1) is 18.8 Å². The van der Waals surface area contributed by atoms with Crippen LogP contribution in [-0.4, -0.2) is 41.5 Å². The highest BCUT2D eigenvalue weighted by Crippen LogP contribution is 2.19. The first kappa shape index (κ1) is 21.2. The molecule has 0 fully saturated rings. The van der Waals surface area contributed by atoms with Crippen LogP contribution in [0.25, 0.3) is 0 Å². The second-order valence-corrected chi connectivity index (χ2v) is 7.27. The van der Waals surface area contributed by atoms with Crippen molar-refractivity contribution >= 4 is 29.1 Å². The Bertz CT molecular complexity index is 949. The SMILES string of the molecule is Cc1cccc(C)c1NC(=O)CNC(=O)CCC(=O)N1CCC(c2ccccc2)=N1. The molecule has 1 aliphatic heterocycles. The van der Waals surface area contributed by atoms with Crippen molar-refractivity contribution in [1.29, 1.82) is 0 Å². The zero-order valence-corrected chi connectivity index (χ0v) is 17.3. The molecule has 3 amide bonds. The summed E-state index contributed by atoms with van der Waals surface area (Å²) in [6.45, 7) is 4.21. The van der Waals surface area contributed by atoms with Gasteiger partial charge in [0.1, 0.15) is 0 Å². The molecule has 2 aromatic carbocycles. The van der Waals surface area contributed by atoms with Gasteiger partial charge in [-0.3, -0.25) is 14.4 Å². The highest BCUT2D eigenvalue weighted by Gasteiger charge is 2.22. The molecular formula is C23H26N4O3. The van der Waals surface area contributed by atoms with E-state index in [-0.39, 0.29) is 37.1 Å². The van der Waals surface area contributed by atoms with Gasteiger partial charge in [-0.1, -0.05) is 48.5 Å². The first-order chi connectivity index (χ1) is 14.4. The van der Waals surface area contributed by atoms with Crippen molar-refractivity contribution in [2.24, 2.45) is 5.10 Å². The van der Waals surface area contributed by atoms with Crippen LogP contribution in [0.3, 0.4) is 0 Å². The van der Waals surface area contributed by atoms with Crippen LogP contribution in [-0.2, 0) is 14.4 Å². The molecule has 0 spiro atoms. The lowest BCUT2D eigenvalue weighted by Gasteiger charge is -2.13. The lowest BCUT2D eigenvalue weighted by atomic mass is 10.1. The molecule has 2 N–H and O–H groups in total. The molecule has 0 atom stereocenters. The fourth-order valence-electron chi connectivity index (χ4n) is 3.28. The Morgan fingerprint density at radius 3 is 2.33 bits per heavy atom. The van der Waals surface area contributed by atoms with Crippen LogP contribution in [0.15, 0.2) is 53.6 Å². The molecule has 1 heterocycles. The van der Waals surface area contributed by atoms with Gasteiger partial charge in [0.25, 0.3) is 0 Å². The van der Waals surface area contributed by atoms with Crippen LogP contribution < -0.4 is 10.6 Å². The predicted octanol–water partition coefficient (Wildman–Crippen LogP) is 2.77. The number of carbonyl (C=O) groups excluding carboxylic acids is 3. The van der Waals surface area contributed by atoms with Crippen molar-refractivity contribution in [3.63, 3.8) is 0 Å². The molecule has 0 radical (unpaired) electrons. The third-order valence-electron chi connectivity index (χ3n) is 4.95. The van der Waals surface area contributed by atoms with Gasteiger partial charge in [0, 0.05) is 24.9 Å². The number of benzene rings is 2. The molecule has 7 heteroatoms. The zero-order chi connectivity index (χ0) is 21.5. The minimum Gasteiger partial charge on any atom is -0.347 e. The third-order valence-corrected chi connectivity index (χ3v) is 4.95. The number of nitrogens with one attached hydrogen (secondary N) is 2. The Morgan fingerprint density at radius 1 is 0.933 bits per heavy atom. The number of para-hydroxylation sites is 1. The molecule has 1 aliphatic rings. The van der Waals surface area contributed by atoms with E-state index in [4.69, 9.17) is 0 Å². The van der Waals surface area contributed by atoms with Gasteiger partial charge in [-0.15, -0.1) is 0 Å². The molecular weight excluding hydrogens is 380 g/mol. The standard InChI is InChI=1S/C23H26N4O3/c1-16-7-6-8-17(2)23(16)25-21(29)15-24-20(28)11-12-22(30)27-14-13-19(26-27)18-9-4-3-5-10-18/h3-10H,11-15H2,1-2H3,(H,24,28)(H,25,29). The maximum atomic E-state index is 12.3. The van der Waals surface area contributed by atoms with E-state index >= 15 is 0 Å². The van der Waals surface area contributed by atoms with E-state index in [2.05, 4.69) is 15.7 Å². The van der Waals surface area contributed by atoms with Crippen molar-refractivity contribution in [3.8, 4) is 0 Å². The molecule has 3 rings (SSSR count). The van der Waals surface area contributed by atoms with Crippen LogP contribution >= 0.6 is 0 Å². The Kier molecular flexibility index (Phi) is 6.95. The monoisotopic (exact) mass is 406 g/mol. The maximum absolute atomic E-state index is 12.3. The summed E-state index contributed by atoms with van der Waals surface area (Å²) in [5.41, 5.74) is 4.55.